The van der Waals surface area contributed by atoms with Gasteiger partial charge in [-0.25, -0.2) is 9.78 Å². The third-order valence-electron chi connectivity index (χ3n) is 4.43. The highest BCUT2D eigenvalue weighted by Gasteiger charge is 2.25. The highest BCUT2D eigenvalue weighted by atomic mass is 16.2. The Morgan fingerprint density at radius 3 is 2.61 bits per heavy atom. The molecule has 2 aromatic heterocycles. The van der Waals surface area contributed by atoms with Crippen molar-refractivity contribution in [2.24, 2.45) is 7.05 Å². The maximum absolute atomic E-state index is 12.4. The van der Waals surface area contributed by atoms with Gasteiger partial charge in [0, 0.05) is 32.5 Å². The molecule has 23 heavy (non-hydrogen) atoms. The van der Waals surface area contributed by atoms with Gasteiger partial charge in [-0.15, -0.1) is 0 Å². The van der Waals surface area contributed by atoms with Crippen molar-refractivity contribution in [3.8, 4) is 0 Å². The van der Waals surface area contributed by atoms with Crippen LogP contribution in [0.4, 0.5) is 4.79 Å². The first kappa shape index (κ1) is 15.5. The van der Waals surface area contributed by atoms with E-state index in [0.29, 0.717) is 5.92 Å². The van der Waals surface area contributed by atoms with Gasteiger partial charge in [-0.05, 0) is 43.4 Å². The second-order valence-electron chi connectivity index (χ2n) is 5.95. The van der Waals surface area contributed by atoms with Gasteiger partial charge >= 0.3 is 6.03 Å². The summed E-state index contributed by atoms with van der Waals surface area (Å²) in [6.07, 6.45) is 7.12. The lowest BCUT2D eigenvalue weighted by Gasteiger charge is -2.32. The van der Waals surface area contributed by atoms with E-state index < -0.39 is 0 Å². The Balaban J connectivity index is 1.53. The molecule has 1 fully saturated rings. The first-order valence-corrected chi connectivity index (χ1v) is 7.94. The van der Waals surface area contributed by atoms with E-state index in [-0.39, 0.29) is 12.1 Å². The Morgan fingerprint density at radius 1 is 1.30 bits per heavy atom. The molecule has 7 nitrogen and oxygen atoms in total. The lowest BCUT2D eigenvalue weighted by atomic mass is 9.90. The molecule has 3 heterocycles. The van der Waals surface area contributed by atoms with Gasteiger partial charge in [0.1, 0.15) is 12.2 Å². The summed E-state index contributed by atoms with van der Waals surface area (Å²) in [5.41, 5.74) is 1.31. The highest BCUT2D eigenvalue weighted by molar-refractivity contribution is 5.74. The summed E-state index contributed by atoms with van der Waals surface area (Å²) < 4.78 is 1.68. The van der Waals surface area contributed by atoms with Crippen molar-refractivity contribution >= 4 is 6.03 Å². The molecule has 0 spiro atoms. The molecule has 2 amide bonds. The second-order valence-corrected chi connectivity index (χ2v) is 5.95. The maximum Gasteiger partial charge on any atom is 0.317 e. The topological polar surface area (TPSA) is 75.9 Å². The number of hydrogen-bond donors (Lipinski definition) is 1. The second kappa shape index (κ2) is 6.76. The van der Waals surface area contributed by atoms with Crippen LogP contribution < -0.4 is 5.32 Å². The average Bonchev–Trinajstić information content (AvgIpc) is 3.02. The summed E-state index contributed by atoms with van der Waals surface area (Å²) in [5.74, 6) is 1.27. The first-order valence-electron chi connectivity index (χ1n) is 7.94. The van der Waals surface area contributed by atoms with Gasteiger partial charge in [0.05, 0.1) is 6.04 Å². The van der Waals surface area contributed by atoms with Crippen LogP contribution in [-0.2, 0) is 7.05 Å². The van der Waals surface area contributed by atoms with E-state index in [2.05, 4.69) is 32.5 Å². The number of carbonyl (C=O) groups excluding carboxylic acids is 1. The van der Waals surface area contributed by atoms with Gasteiger partial charge in [-0.2, -0.15) is 5.10 Å². The van der Waals surface area contributed by atoms with Crippen LogP contribution in [0.5, 0.6) is 0 Å². The minimum atomic E-state index is -0.159. The SMILES string of the molecule is CC(NC(=O)N1CCC(c2ccncc2)CC1)c1ncnn1C. The van der Waals surface area contributed by atoms with E-state index in [1.165, 1.54) is 11.9 Å². The molecule has 1 saturated heterocycles. The zero-order valence-electron chi connectivity index (χ0n) is 13.5. The number of nitrogens with one attached hydrogen (secondary N) is 1. The number of likely N-dealkylation sites (tertiary alicyclic amines) is 1. The molecule has 1 aliphatic rings. The number of urea groups is 1. The molecule has 1 unspecified atom stereocenters. The zero-order chi connectivity index (χ0) is 16.2. The molecule has 7 heteroatoms. The fourth-order valence-electron chi connectivity index (χ4n) is 3.09. The van der Waals surface area contributed by atoms with Crippen LogP contribution in [0.2, 0.25) is 0 Å². The highest BCUT2D eigenvalue weighted by Crippen LogP contribution is 2.27. The fourth-order valence-corrected chi connectivity index (χ4v) is 3.09. The molecule has 0 bridgehead atoms. The average molecular weight is 314 g/mol. The largest absolute Gasteiger partial charge is 0.328 e. The Kier molecular flexibility index (Phi) is 4.55. The van der Waals surface area contributed by atoms with Gasteiger partial charge in [0.15, 0.2) is 0 Å². The maximum atomic E-state index is 12.4. The molecular weight excluding hydrogens is 292 g/mol. The molecule has 0 saturated carbocycles. The van der Waals surface area contributed by atoms with Crippen molar-refractivity contribution in [3.63, 3.8) is 0 Å². The van der Waals surface area contributed by atoms with E-state index >= 15 is 0 Å². The summed E-state index contributed by atoms with van der Waals surface area (Å²) in [6, 6.07) is 3.94. The third-order valence-corrected chi connectivity index (χ3v) is 4.43. The molecule has 1 atom stereocenters. The van der Waals surface area contributed by atoms with Crippen LogP contribution >= 0.6 is 0 Å². The van der Waals surface area contributed by atoms with Crippen LogP contribution in [-0.4, -0.2) is 43.8 Å². The van der Waals surface area contributed by atoms with Crippen molar-refractivity contribution in [2.45, 2.75) is 31.7 Å². The van der Waals surface area contributed by atoms with Crippen molar-refractivity contribution in [3.05, 3.63) is 42.2 Å². The molecule has 0 aliphatic carbocycles. The number of carbonyl (C=O) groups is 1. The van der Waals surface area contributed by atoms with Crippen LogP contribution in [0.15, 0.2) is 30.9 Å². The number of hydrogen-bond acceptors (Lipinski definition) is 4. The van der Waals surface area contributed by atoms with Crippen LogP contribution in [0.3, 0.4) is 0 Å². The van der Waals surface area contributed by atoms with Gasteiger partial charge < -0.3 is 10.2 Å². The normalized spacial score (nSPS) is 17.0. The van der Waals surface area contributed by atoms with Crippen molar-refractivity contribution in [1.82, 2.24) is 30.0 Å². The monoisotopic (exact) mass is 314 g/mol. The summed E-state index contributed by atoms with van der Waals surface area (Å²) in [5, 5.41) is 7.04. The number of rotatable bonds is 3. The predicted molar refractivity (Wildman–Crippen MR) is 85.7 cm³/mol. The number of piperidine rings is 1. The minimum absolute atomic E-state index is 0.0336. The Hall–Kier alpha value is -2.44. The van der Waals surface area contributed by atoms with E-state index in [0.717, 1.165) is 31.8 Å². The molecular formula is C16H22N6O. The Labute approximate surface area is 135 Å². The first-order chi connectivity index (χ1) is 11.1. The lowest BCUT2D eigenvalue weighted by Crippen LogP contribution is -2.45. The van der Waals surface area contributed by atoms with Gasteiger partial charge in [-0.3, -0.25) is 9.67 Å². The molecule has 1 N–H and O–H groups in total. The van der Waals surface area contributed by atoms with Crippen molar-refractivity contribution < 1.29 is 4.79 Å². The minimum Gasteiger partial charge on any atom is -0.328 e. The predicted octanol–water partition coefficient (Wildman–Crippen LogP) is 1.86. The van der Waals surface area contributed by atoms with Gasteiger partial charge in [0.25, 0.3) is 0 Å². The van der Waals surface area contributed by atoms with E-state index in [4.69, 9.17) is 0 Å². The van der Waals surface area contributed by atoms with E-state index in [1.54, 1.807) is 4.68 Å². The zero-order valence-corrected chi connectivity index (χ0v) is 13.5. The Bertz CT molecular complexity index is 648. The standard InChI is InChI=1S/C16H22N6O/c1-12(15-18-11-19-21(15)2)20-16(23)22-9-5-14(6-10-22)13-3-7-17-8-4-13/h3-4,7-8,11-12,14H,5-6,9-10H2,1-2H3,(H,20,23). The smallest absolute Gasteiger partial charge is 0.317 e. The molecule has 0 radical (unpaired) electrons. The molecule has 3 rings (SSSR count). The summed E-state index contributed by atoms with van der Waals surface area (Å²) in [4.78, 5) is 22.5. The molecule has 1 aliphatic heterocycles. The van der Waals surface area contributed by atoms with Crippen LogP contribution in [0, 0.1) is 0 Å². The van der Waals surface area contributed by atoms with Gasteiger partial charge in [-0.1, -0.05) is 0 Å². The Morgan fingerprint density at radius 2 is 2.00 bits per heavy atom. The van der Waals surface area contributed by atoms with Crippen molar-refractivity contribution in [2.75, 3.05) is 13.1 Å². The lowest BCUT2D eigenvalue weighted by molar-refractivity contribution is 0.177. The molecule has 2 aromatic rings. The van der Waals surface area contributed by atoms with Crippen molar-refractivity contribution in [1.29, 1.82) is 0 Å². The number of aromatic nitrogens is 4. The van der Waals surface area contributed by atoms with Crippen LogP contribution in [0.1, 0.15) is 43.1 Å². The number of amides is 2. The number of nitrogens with zero attached hydrogens (tertiary/aromatic N) is 5. The van der Waals surface area contributed by atoms with E-state index in [1.807, 2.05) is 31.3 Å². The fraction of sp³-hybridized carbons (Fsp3) is 0.500. The summed E-state index contributed by atoms with van der Waals surface area (Å²) >= 11 is 0. The number of aryl methyl sites for hydroxylation is 1. The quantitative estimate of drug-likeness (QED) is 0.938. The summed E-state index contributed by atoms with van der Waals surface area (Å²) in [6.45, 7) is 3.46. The van der Waals surface area contributed by atoms with Gasteiger partial charge in [0.2, 0.25) is 0 Å². The number of pyridine rings is 1. The molecule has 0 aromatic carbocycles. The molecule has 122 valence electrons. The third kappa shape index (κ3) is 3.49. The van der Waals surface area contributed by atoms with E-state index in [9.17, 15) is 4.79 Å². The summed E-state index contributed by atoms with van der Waals surface area (Å²) in [7, 11) is 1.82. The van der Waals surface area contributed by atoms with Crippen LogP contribution in [0.25, 0.3) is 0 Å².